The minimum Gasteiger partial charge on any atom is -0.507 e. The van der Waals surface area contributed by atoms with Gasteiger partial charge in [-0.1, -0.05) is 66.0 Å². The van der Waals surface area contributed by atoms with Gasteiger partial charge in [0.05, 0.1) is 22.2 Å². The molecular weight excluding hydrogens is 464 g/mol. The monoisotopic (exact) mass is 488 g/mol. The van der Waals surface area contributed by atoms with Crippen LogP contribution in [0.5, 0.6) is 5.75 Å². The van der Waals surface area contributed by atoms with Crippen LogP contribution in [0.2, 0.25) is 0 Å². The van der Waals surface area contributed by atoms with E-state index in [0.717, 1.165) is 16.9 Å². The number of aliphatic hydroxyl groups is 1. The SMILES string of the molecule is C=CCOc1cccc(C2C(=C(O)c3ccc(C)cc3)C(=O)C(=O)N2c2nc(C)c(C(C)=O)s2)c1. The summed E-state index contributed by atoms with van der Waals surface area (Å²) in [5.74, 6) is -1.61. The number of aryl methyl sites for hydroxylation is 2. The Morgan fingerprint density at radius 2 is 1.91 bits per heavy atom. The summed E-state index contributed by atoms with van der Waals surface area (Å²) in [5, 5.41) is 11.4. The minimum absolute atomic E-state index is 0.0584. The van der Waals surface area contributed by atoms with E-state index in [0.29, 0.717) is 27.4 Å². The fourth-order valence-electron chi connectivity index (χ4n) is 3.95. The van der Waals surface area contributed by atoms with Gasteiger partial charge in [0.25, 0.3) is 5.78 Å². The predicted molar refractivity (Wildman–Crippen MR) is 135 cm³/mol. The van der Waals surface area contributed by atoms with E-state index in [4.69, 9.17) is 4.74 Å². The number of benzene rings is 2. The number of aromatic nitrogens is 1. The zero-order chi connectivity index (χ0) is 25.3. The highest BCUT2D eigenvalue weighted by molar-refractivity contribution is 7.18. The minimum atomic E-state index is -0.964. The molecule has 4 rings (SSSR count). The van der Waals surface area contributed by atoms with Crippen molar-refractivity contribution in [2.45, 2.75) is 26.8 Å². The summed E-state index contributed by atoms with van der Waals surface area (Å²) in [6.07, 6.45) is 1.61. The Labute approximate surface area is 207 Å². The zero-order valence-electron chi connectivity index (χ0n) is 19.6. The molecule has 0 bridgehead atoms. The Bertz CT molecular complexity index is 1370. The number of hydrogen-bond donors (Lipinski definition) is 1. The highest BCUT2D eigenvalue weighted by Crippen LogP contribution is 2.44. The molecular formula is C27H24N2O5S. The van der Waals surface area contributed by atoms with E-state index in [9.17, 15) is 19.5 Å². The molecule has 1 aliphatic heterocycles. The normalized spacial score (nSPS) is 17.0. The average Bonchev–Trinajstić information content (AvgIpc) is 3.35. The number of nitrogens with zero attached hydrogens (tertiary/aromatic N) is 2. The number of Topliss-reactive ketones (excluding diaryl/α,β-unsaturated/α-hetero) is 2. The van der Waals surface area contributed by atoms with Gasteiger partial charge in [0.15, 0.2) is 10.9 Å². The molecule has 178 valence electrons. The number of rotatable bonds is 7. The summed E-state index contributed by atoms with van der Waals surface area (Å²) >= 11 is 1.04. The molecule has 7 nitrogen and oxygen atoms in total. The van der Waals surface area contributed by atoms with Crippen molar-refractivity contribution < 1.29 is 24.2 Å². The van der Waals surface area contributed by atoms with Gasteiger partial charge in [-0.25, -0.2) is 4.98 Å². The molecule has 1 amide bonds. The number of carbonyl (C=O) groups excluding carboxylic acids is 3. The number of carbonyl (C=O) groups is 3. The van der Waals surface area contributed by atoms with Gasteiger partial charge in [-0.15, -0.1) is 0 Å². The van der Waals surface area contributed by atoms with Crippen LogP contribution in [-0.4, -0.2) is 34.2 Å². The number of ether oxygens (including phenoxy) is 1. The first-order valence-corrected chi connectivity index (χ1v) is 11.7. The van der Waals surface area contributed by atoms with E-state index in [1.165, 1.54) is 11.8 Å². The maximum absolute atomic E-state index is 13.3. The van der Waals surface area contributed by atoms with Crippen molar-refractivity contribution >= 4 is 39.7 Å². The summed E-state index contributed by atoms with van der Waals surface area (Å²) in [6.45, 7) is 8.94. The Morgan fingerprint density at radius 3 is 2.54 bits per heavy atom. The molecule has 0 spiro atoms. The predicted octanol–water partition coefficient (Wildman–Crippen LogP) is 5.15. The number of thiazole rings is 1. The van der Waals surface area contributed by atoms with E-state index in [2.05, 4.69) is 11.6 Å². The first-order chi connectivity index (χ1) is 16.7. The summed E-state index contributed by atoms with van der Waals surface area (Å²) < 4.78 is 5.66. The van der Waals surface area contributed by atoms with Gasteiger partial charge in [0.1, 0.15) is 18.1 Å². The molecule has 2 aromatic carbocycles. The standard InChI is InChI=1S/C27H24N2O5S/c1-5-13-34-20-8-6-7-19(14-20)22-21(23(31)18-11-9-15(2)10-12-18)24(32)26(33)29(22)27-28-16(3)25(35-27)17(4)30/h5-12,14,22,31H,1,13H2,2-4H3. The first kappa shape index (κ1) is 24.1. The van der Waals surface area contributed by atoms with Crippen LogP contribution in [0, 0.1) is 13.8 Å². The molecule has 3 aromatic rings. The van der Waals surface area contributed by atoms with Gasteiger partial charge in [-0.3, -0.25) is 19.3 Å². The smallest absolute Gasteiger partial charge is 0.301 e. The van der Waals surface area contributed by atoms with E-state index >= 15 is 0 Å². The molecule has 1 atom stereocenters. The quantitative estimate of drug-likeness (QED) is 0.162. The third-order valence-electron chi connectivity index (χ3n) is 5.62. The van der Waals surface area contributed by atoms with Crippen LogP contribution < -0.4 is 9.64 Å². The molecule has 0 aliphatic carbocycles. The van der Waals surface area contributed by atoms with Crippen molar-refractivity contribution in [2.75, 3.05) is 11.5 Å². The number of amides is 1. The molecule has 8 heteroatoms. The van der Waals surface area contributed by atoms with Crippen LogP contribution >= 0.6 is 11.3 Å². The van der Waals surface area contributed by atoms with Gasteiger partial charge >= 0.3 is 5.91 Å². The fraction of sp³-hybridized carbons (Fsp3) is 0.185. The van der Waals surface area contributed by atoms with Crippen LogP contribution in [0.1, 0.15) is 45.0 Å². The molecule has 0 saturated carbocycles. The van der Waals surface area contributed by atoms with Crippen LogP contribution in [0.4, 0.5) is 5.13 Å². The topological polar surface area (TPSA) is 96.8 Å². The van der Waals surface area contributed by atoms with Gasteiger partial charge in [0, 0.05) is 12.5 Å². The highest BCUT2D eigenvalue weighted by atomic mass is 32.1. The maximum atomic E-state index is 13.3. The summed E-state index contributed by atoms with van der Waals surface area (Å²) in [7, 11) is 0. The Morgan fingerprint density at radius 1 is 1.20 bits per heavy atom. The lowest BCUT2D eigenvalue weighted by molar-refractivity contribution is -0.132. The lowest BCUT2D eigenvalue weighted by atomic mass is 9.95. The third kappa shape index (κ3) is 4.52. The van der Waals surface area contributed by atoms with Gasteiger partial charge in [-0.2, -0.15) is 0 Å². The second-order valence-corrected chi connectivity index (χ2v) is 9.15. The number of anilines is 1. The fourth-order valence-corrected chi connectivity index (χ4v) is 4.94. The van der Waals surface area contributed by atoms with Crippen LogP contribution in [-0.2, 0) is 9.59 Å². The van der Waals surface area contributed by atoms with Gasteiger partial charge < -0.3 is 9.84 Å². The van der Waals surface area contributed by atoms with Crippen molar-refractivity contribution in [3.63, 3.8) is 0 Å². The molecule has 1 fully saturated rings. The molecule has 35 heavy (non-hydrogen) atoms. The van der Waals surface area contributed by atoms with Crippen LogP contribution in [0.25, 0.3) is 5.76 Å². The third-order valence-corrected chi connectivity index (χ3v) is 6.88. The average molecular weight is 489 g/mol. The second kappa shape index (κ2) is 9.68. The van der Waals surface area contributed by atoms with Crippen LogP contribution in [0.15, 0.2) is 66.8 Å². The summed E-state index contributed by atoms with van der Waals surface area (Å²) in [5.41, 5.74) is 2.37. The van der Waals surface area contributed by atoms with Crippen molar-refractivity contribution in [3.8, 4) is 5.75 Å². The van der Waals surface area contributed by atoms with Gasteiger partial charge in [0.2, 0.25) is 0 Å². The Hall–Kier alpha value is -4.04. The van der Waals surface area contributed by atoms with E-state index in [-0.39, 0.29) is 28.9 Å². The van der Waals surface area contributed by atoms with E-state index < -0.39 is 17.7 Å². The van der Waals surface area contributed by atoms with Crippen molar-refractivity contribution in [1.29, 1.82) is 0 Å². The lowest BCUT2D eigenvalue weighted by Crippen LogP contribution is -2.29. The lowest BCUT2D eigenvalue weighted by Gasteiger charge is -2.23. The molecule has 0 radical (unpaired) electrons. The summed E-state index contributed by atoms with van der Waals surface area (Å²) in [6, 6.07) is 13.0. The molecule has 1 unspecified atom stereocenters. The molecule has 1 aromatic heterocycles. The molecule has 1 aliphatic rings. The van der Waals surface area contributed by atoms with Gasteiger partial charge in [-0.05, 0) is 31.5 Å². The molecule has 1 saturated heterocycles. The van der Waals surface area contributed by atoms with E-state index in [1.54, 1.807) is 49.4 Å². The molecule has 1 N–H and O–H groups in total. The first-order valence-electron chi connectivity index (χ1n) is 10.9. The van der Waals surface area contributed by atoms with Crippen LogP contribution in [0.3, 0.4) is 0 Å². The Kier molecular flexibility index (Phi) is 6.66. The number of hydrogen-bond acceptors (Lipinski definition) is 7. The van der Waals surface area contributed by atoms with Crippen molar-refractivity contribution in [3.05, 3.63) is 94.0 Å². The number of aliphatic hydroxyl groups excluding tert-OH is 1. The Balaban J connectivity index is 1.93. The highest BCUT2D eigenvalue weighted by Gasteiger charge is 2.48. The summed E-state index contributed by atoms with van der Waals surface area (Å²) in [4.78, 5) is 44.7. The van der Waals surface area contributed by atoms with Crippen molar-refractivity contribution in [1.82, 2.24) is 4.98 Å². The maximum Gasteiger partial charge on any atom is 0.301 e. The molecule has 2 heterocycles. The zero-order valence-corrected chi connectivity index (χ0v) is 20.4. The second-order valence-electron chi connectivity index (χ2n) is 8.17. The largest absolute Gasteiger partial charge is 0.507 e. The number of ketones is 2. The van der Waals surface area contributed by atoms with E-state index in [1.807, 2.05) is 19.1 Å². The van der Waals surface area contributed by atoms with Crippen molar-refractivity contribution in [2.24, 2.45) is 0 Å².